The maximum Gasteiger partial charge on any atom is 0.308 e. The van der Waals surface area contributed by atoms with Gasteiger partial charge >= 0.3 is 5.97 Å². The Kier molecular flexibility index (Phi) is 10.3. The van der Waals surface area contributed by atoms with Crippen molar-refractivity contribution >= 4 is 90.7 Å². The monoisotopic (exact) mass is 781 g/mol. The van der Waals surface area contributed by atoms with Crippen molar-refractivity contribution in [2.45, 2.75) is 13.8 Å². The fourth-order valence-electron chi connectivity index (χ4n) is 4.24. The van der Waals surface area contributed by atoms with Crippen LogP contribution in [0.2, 0.25) is 5.15 Å². The number of fused-ring (bicyclic) bond motifs is 2. The zero-order valence-electron chi connectivity index (χ0n) is 25.4. The summed E-state index contributed by atoms with van der Waals surface area (Å²) >= 11 is 12.5. The van der Waals surface area contributed by atoms with Gasteiger partial charge in [-0.1, -0.05) is 23.7 Å². The molecule has 0 saturated heterocycles. The number of hydrogen-bond acceptors (Lipinski definition) is 9. The van der Waals surface area contributed by atoms with E-state index in [1.54, 1.807) is 48.6 Å². The summed E-state index contributed by atoms with van der Waals surface area (Å²) in [4.78, 5) is 45.7. The molecule has 2 aliphatic heterocycles. The number of hydrogen-bond donors (Lipinski definition) is 2. The SMILES string of the molecule is CC(=O)Oc1c(Br)cc(/C=C2\Oc3ccc(C)nc3NC2=O)cc1Br.CN(C)c1ccc(/C=C2\Oc3ccc(Cl)nc3NC2=O)cc1. The second kappa shape index (κ2) is 14.4. The minimum absolute atomic E-state index is 0.136. The molecule has 2 N–H and O–H groups in total. The molecule has 0 saturated carbocycles. The first-order chi connectivity index (χ1) is 22.4. The number of halogens is 3. The van der Waals surface area contributed by atoms with E-state index in [4.69, 9.17) is 25.8 Å². The van der Waals surface area contributed by atoms with Crippen LogP contribution in [0.15, 0.2) is 81.1 Å². The molecule has 0 bridgehead atoms. The van der Waals surface area contributed by atoms with Crippen LogP contribution in [0, 0.1) is 6.92 Å². The quantitative estimate of drug-likeness (QED) is 0.0942. The molecule has 11 nitrogen and oxygen atoms in total. The number of rotatable bonds is 4. The van der Waals surface area contributed by atoms with Gasteiger partial charge in [0.15, 0.2) is 40.4 Å². The van der Waals surface area contributed by atoms with E-state index >= 15 is 0 Å². The third-order valence-electron chi connectivity index (χ3n) is 6.44. The number of aromatic nitrogens is 2. The predicted molar refractivity (Wildman–Crippen MR) is 187 cm³/mol. The number of carbonyl (C=O) groups is 3. The smallest absolute Gasteiger partial charge is 0.308 e. The van der Waals surface area contributed by atoms with Crippen LogP contribution in [0.4, 0.5) is 17.3 Å². The first-order valence-corrected chi connectivity index (χ1v) is 15.8. The van der Waals surface area contributed by atoms with E-state index < -0.39 is 5.97 Å². The maximum atomic E-state index is 12.2. The van der Waals surface area contributed by atoms with E-state index in [0.717, 1.165) is 16.9 Å². The molecule has 2 aromatic heterocycles. The van der Waals surface area contributed by atoms with Gasteiger partial charge in [-0.3, -0.25) is 14.4 Å². The highest BCUT2D eigenvalue weighted by Crippen LogP contribution is 2.37. The Balaban J connectivity index is 0.000000186. The van der Waals surface area contributed by atoms with Crippen molar-refractivity contribution in [1.29, 1.82) is 0 Å². The lowest BCUT2D eigenvalue weighted by Gasteiger charge is -2.19. The summed E-state index contributed by atoms with van der Waals surface area (Å²) in [5.74, 6) is 1.24. The number of nitrogens with zero attached hydrogens (tertiary/aromatic N) is 3. The lowest BCUT2D eigenvalue weighted by Crippen LogP contribution is -2.24. The molecule has 0 spiro atoms. The minimum Gasteiger partial charge on any atom is -0.448 e. The second-order valence-electron chi connectivity index (χ2n) is 10.3. The summed E-state index contributed by atoms with van der Waals surface area (Å²) in [6.07, 6.45) is 3.28. The number of aryl methyl sites for hydroxylation is 1. The highest BCUT2D eigenvalue weighted by molar-refractivity contribution is 9.11. The molecule has 2 aromatic carbocycles. The Morgan fingerprint density at radius 1 is 0.830 bits per heavy atom. The highest BCUT2D eigenvalue weighted by atomic mass is 79.9. The van der Waals surface area contributed by atoms with E-state index in [1.807, 2.05) is 50.2 Å². The highest BCUT2D eigenvalue weighted by Gasteiger charge is 2.24. The number of nitrogens with one attached hydrogen (secondary N) is 2. The third-order valence-corrected chi connectivity index (χ3v) is 7.83. The van der Waals surface area contributed by atoms with Crippen LogP contribution >= 0.6 is 43.5 Å². The largest absolute Gasteiger partial charge is 0.448 e. The van der Waals surface area contributed by atoms with Crippen molar-refractivity contribution in [2.24, 2.45) is 0 Å². The van der Waals surface area contributed by atoms with Crippen molar-refractivity contribution in [3.63, 3.8) is 0 Å². The summed E-state index contributed by atoms with van der Waals surface area (Å²) in [7, 11) is 3.94. The number of esters is 1. The van der Waals surface area contributed by atoms with Gasteiger partial charge in [-0.2, -0.15) is 0 Å². The molecule has 0 aliphatic carbocycles. The van der Waals surface area contributed by atoms with Crippen LogP contribution in [0.1, 0.15) is 23.7 Å². The summed E-state index contributed by atoms with van der Waals surface area (Å²) in [6.45, 7) is 3.15. The van der Waals surface area contributed by atoms with E-state index in [-0.39, 0.29) is 23.3 Å². The van der Waals surface area contributed by atoms with E-state index in [2.05, 4.69) is 52.5 Å². The second-order valence-corrected chi connectivity index (χ2v) is 12.4. The number of benzene rings is 2. The van der Waals surface area contributed by atoms with Gasteiger partial charge in [-0.25, -0.2) is 9.97 Å². The lowest BCUT2D eigenvalue weighted by atomic mass is 10.1. The van der Waals surface area contributed by atoms with Crippen molar-refractivity contribution in [3.8, 4) is 17.2 Å². The van der Waals surface area contributed by atoms with Crippen molar-refractivity contribution < 1.29 is 28.6 Å². The minimum atomic E-state index is -0.429. The standard InChI is InChI=1S/C17H12Br2N2O4.C16H14ClN3O2/c1-8-3-4-13-16(20-8)21-17(23)14(25-13)7-10-5-11(18)15(12(19)6-10)24-9(2)22;1-20(2)11-5-3-10(4-6-11)9-13-16(21)19-15-12(22-13)7-8-14(17)18-15/h3-7H,1-2H3,(H,20,21,23);3-9H,1-2H3,(H,18,19,21)/b14-7-;13-9-. The number of anilines is 3. The molecule has 0 radical (unpaired) electrons. The van der Waals surface area contributed by atoms with Crippen LogP contribution in [0.3, 0.4) is 0 Å². The summed E-state index contributed by atoms with van der Waals surface area (Å²) < 4.78 is 17.5. The van der Waals surface area contributed by atoms with E-state index in [1.165, 1.54) is 6.92 Å². The molecule has 0 atom stereocenters. The summed E-state index contributed by atoms with van der Waals surface area (Å²) in [5.41, 5.74) is 3.42. The van der Waals surface area contributed by atoms with Crippen LogP contribution in [0.5, 0.6) is 17.2 Å². The summed E-state index contributed by atoms with van der Waals surface area (Å²) in [5, 5.41) is 5.67. The van der Waals surface area contributed by atoms with Crippen molar-refractivity contribution in [2.75, 3.05) is 29.6 Å². The first-order valence-electron chi connectivity index (χ1n) is 13.9. The molecular formula is C33H26Br2ClN5O6. The normalized spacial score (nSPS) is 14.8. The van der Waals surface area contributed by atoms with Gasteiger partial charge in [0.2, 0.25) is 0 Å². The number of pyridine rings is 2. The topological polar surface area (TPSA) is 132 Å². The molecule has 4 aromatic rings. The van der Waals surface area contributed by atoms with Crippen LogP contribution in [0.25, 0.3) is 12.2 Å². The zero-order valence-corrected chi connectivity index (χ0v) is 29.3. The Hall–Kier alpha value is -4.72. The van der Waals surface area contributed by atoms with Crippen LogP contribution in [-0.2, 0) is 14.4 Å². The first kappa shape index (κ1) is 33.6. The average molecular weight is 784 g/mol. The maximum absolute atomic E-state index is 12.2. The van der Waals surface area contributed by atoms with Crippen molar-refractivity contribution in [1.82, 2.24) is 9.97 Å². The van der Waals surface area contributed by atoms with Gasteiger partial charge in [-0.15, -0.1) is 0 Å². The van der Waals surface area contributed by atoms with E-state index in [0.29, 0.717) is 48.5 Å². The van der Waals surface area contributed by atoms with Gasteiger partial charge < -0.3 is 29.7 Å². The summed E-state index contributed by atoms with van der Waals surface area (Å²) in [6, 6.07) is 18.1. The van der Waals surface area contributed by atoms with Crippen molar-refractivity contribution in [3.05, 3.63) is 103 Å². The average Bonchev–Trinajstić information content (AvgIpc) is 3.00. The fourth-order valence-corrected chi connectivity index (χ4v) is 5.77. The lowest BCUT2D eigenvalue weighted by molar-refractivity contribution is -0.132. The molecule has 2 aliphatic rings. The van der Waals surface area contributed by atoms with Gasteiger partial charge in [0, 0.05) is 32.4 Å². The molecule has 6 rings (SSSR count). The number of amides is 2. The Morgan fingerprint density at radius 3 is 1.91 bits per heavy atom. The molecule has 0 fully saturated rings. The molecule has 4 heterocycles. The molecule has 240 valence electrons. The van der Waals surface area contributed by atoms with Crippen LogP contribution in [-0.4, -0.2) is 41.8 Å². The molecule has 2 amide bonds. The van der Waals surface area contributed by atoms with Gasteiger partial charge in [0.25, 0.3) is 11.8 Å². The number of ether oxygens (including phenoxy) is 3. The zero-order chi connectivity index (χ0) is 33.8. The van der Waals surface area contributed by atoms with Gasteiger partial charge in [0.1, 0.15) is 5.15 Å². The van der Waals surface area contributed by atoms with Gasteiger partial charge in [0.05, 0.1) is 8.95 Å². The third kappa shape index (κ3) is 8.36. The molecule has 47 heavy (non-hydrogen) atoms. The Morgan fingerprint density at radius 2 is 1.36 bits per heavy atom. The molecular weight excluding hydrogens is 758 g/mol. The Labute approximate surface area is 291 Å². The number of carbonyl (C=O) groups excluding carboxylic acids is 3. The fraction of sp³-hybridized carbons (Fsp3) is 0.121. The van der Waals surface area contributed by atoms with E-state index in [9.17, 15) is 14.4 Å². The molecule has 14 heteroatoms. The van der Waals surface area contributed by atoms with Gasteiger partial charge in [-0.05, 0) is 111 Å². The van der Waals surface area contributed by atoms with Crippen LogP contribution < -0.4 is 29.7 Å². The Bertz CT molecular complexity index is 1940. The molecule has 0 unspecified atom stereocenters. The predicted octanol–water partition coefficient (Wildman–Crippen LogP) is 7.39.